The number of nitrogens with one attached hydrogen (secondary N) is 3. The van der Waals surface area contributed by atoms with Gasteiger partial charge in [-0.05, 0) is 50.3 Å². The lowest BCUT2D eigenvalue weighted by Gasteiger charge is -2.11. The van der Waals surface area contributed by atoms with Crippen molar-refractivity contribution in [3.05, 3.63) is 47.2 Å². The molecular formula is C23H33N7. The molecule has 0 saturated heterocycles. The van der Waals surface area contributed by atoms with E-state index in [0.717, 1.165) is 56.5 Å². The molecule has 0 unspecified atom stereocenters. The first-order valence-corrected chi connectivity index (χ1v) is 11.2. The highest BCUT2D eigenvalue weighted by molar-refractivity contribution is 5.84. The van der Waals surface area contributed by atoms with Crippen LogP contribution in [0.1, 0.15) is 49.0 Å². The van der Waals surface area contributed by atoms with Gasteiger partial charge in [-0.25, -0.2) is 0 Å². The molecule has 30 heavy (non-hydrogen) atoms. The summed E-state index contributed by atoms with van der Waals surface area (Å²) in [6.07, 6.45) is 8.67. The monoisotopic (exact) mass is 407 g/mol. The molecule has 1 aliphatic heterocycles. The predicted octanol–water partition coefficient (Wildman–Crippen LogP) is 3.13. The minimum atomic E-state index is 0.708. The molecule has 0 aliphatic carbocycles. The van der Waals surface area contributed by atoms with E-state index in [1.807, 2.05) is 0 Å². The second-order valence-electron chi connectivity index (χ2n) is 8.05. The molecule has 160 valence electrons. The van der Waals surface area contributed by atoms with Crippen LogP contribution in [0.25, 0.3) is 10.9 Å². The zero-order valence-electron chi connectivity index (χ0n) is 18.2. The van der Waals surface area contributed by atoms with Crippen LogP contribution in [0.2, 0.25) is 0 Å². The van der Waals surface area contributed by atoms with Crippen molar-refractivity contribution in [2.75, 3.05) is 19.6 Å². The summed E-state index contributed by atoms with van der Waals surface area (Å²) in [5.74, 6) is 3.08. The summed E-state index contributed by atoms with van der Waals surface area (Å²) in [4.78, 5) is 8.14. The van der Waals surface area contributed by atoms with Gasteiger partial charge in [0, 0.05) is 56.1 Å². The van der Waals surface area contributed by atoms with Crippen molar-refractivity contribution in [2.45, 2.75) is 58.9 Å². The van der Waals surface area contributed by atoms with Gasteiger partial charge in [0.1, 0.15) is 11.6 Å². The fraction of sp³-hybridized carbons (Fsp3) is 0.522. The van der Waals surface area contributed by atoms with Gasteiger partial charge in [0.15, 0.2) is 5.96 Å². The molecule has 3 N–H and O–H groups in total. The van der Waals surface area contributed by atoms with E-state index in [-0.39, 0.29) is 0 Å². The van der Waals surface area contributed by atoms with Gasteiger partial charge in [0.05, 0.1) is 0 Å². The van der Waals surface area contributed by atoms with E-state index in [9.17, 15) is 0 Å². The van der Waals surface area contributed by atoms with Crippen molar-refractivity contribution in [1.29, 1.82) is 0 Å². The zero-order chi connectivity index (χ0) is 20.8. The Labute approximate surface area is 178 Å². The summed E-state index contributed by atoms with van der Waals surface area (Å²) in [5.41, 5.74) is 3.82. The lowest BCUT2D eigenvalue weighted by Crippen LogP contribution is -2.38. The van der Waals surface area contributed by atoms with Gasteiger partial charge in [-0.2, -0.15) is 0 Å². The lowest BCUT2D eigenvalue weighted by atomic mass is 10.1. The maximum Gasteiger partial charge on any atom is 0.191 e. The summed E-state index contributed by atoms with van der Waals surface area (Å²) in [5, 5.41) is 16.9. The van der Waals surface area contributed by atoms with Crippen molar-refractivity contribution in [3.63, 3.8) is 0 Å². The Balaban J connectivity index is 1.32. The number of hydrogen-bond acceptors (Lipinski definition) is 3. The average Bonchev–Trinajstić information content (AvgIpc) is 3.23. The van der Waals surface area contributed by atoms with Gasteiger partial charge >= 0.3 is 0 Å². The minimum absolute atomic E-state index is 0.708. The van der Waals surface area contributed by atoms with Crippen LogP contribution in [0.5, 0.6) is 0 Å². The summed E-state index contributed by atoms with van der Waals surface area (Å²) in [6, 6.07) is 6.57. The summed E-state index contributed by atoms with van der Waals surface area (Å²) in [7, 11) is 0. The van der Waals surface area contributed by atoms with Crippen molar-refractivity contribution < 1.29 is 0 Å². The second kappa shape index (κ2) is 9.78. The molecule has 0 spiro atoms. The molecule has 0 atom stereocenters. The third kappa shape index (κ3) is 4.83. The quantitative estimate of drug-likeness (QED) is 0.415. The normalized spacial score (nSPS) is 14.5. The number of H-pyrrole nitrogens is 1. The standard InChI is InChI=1S/C23H33N7/c1-3-24-23(25-12-10-18-16-27-20-15-17(2)8-9-19(18)20)26-13-11-22-29-28-21-7-5-4-6-14-30(21)22/h8-9,15-16,27H,3-7,10-14H2,1-2H3,(H2,24,25,26). The molecule has 2 aromatic heterocycles. The summed E-state index contributed by atoms with van der Waals surface area (Å²) >= 11 is 0. The van der Waals surface area contributed by atoms with Crippen molar-refractivity contribution in [3.8, 4) is 0 Å². The number of fused-ring (bicyclic) bond motifs is 2. The molecule has 0 bridgehead atoms. The molecule has 7 nitrogen and oxygen atoms in total. The Hall–Kier alpha value is -2.83. The number of hydrogen-bond donors (Lipinski definition) is 3. The van der Waals surface area contributed by atoms with Crippen LogP contribution in [-0.4, -0.2) is 45.3 Å². The van der Waals surface area contributed by atoms with Crippen LogP contribution in [-0.2, 0) is 25.8 Å². The maximum absolute atomic E-state index is 4.76. The summed E-state index contributed by atoms with van der Waals surface area (Å²) in [6.45, 7) is 7.66. The number of aromatic amines is 1. The van der Waals surface area contributed by atoms with Crippen LogP contribution in [0, 0.1) is 6.92 Å². The third-order valence-corrected chi connectivity index (χ3v) is 5.75. The van der Waals surface area contributed by atoms with Gasteiger partial charge in [-0.1, -0.05) is 18.6 Å². The first-order valence-electron chi connectivity index (χ1n) is 11.2. The van der Waals surface area contributed by atoms with E-state index in [2.05, 4.69) is 68.6 Å². The first kappa shape index (κ1) is 20.4. The first-order chi connectivity index (χ1) is 14.7. The largest absolute Gasteiger partial charge is 0.361 e. The molecule has 3 aromatic rings. The number of rotatable bonds is 7. The highest BCUT2D eigenvalue weighted by atomic mass is 15.3. The predicted molar refractivity (Wildman–Crippen MR) is 122 cm³/mol. The second-order valence-corrected chi connectivity index (χ2v) is 8.05. The van der Waals surface area contributed by atoms with Gasteiger partial charge in [0.2, 0.25) is 0 Å². The molecule has 0 saturated carbocycles. The van der Waals surface area contributed by atoms with Gasteiger partial charge in [-0.3, -0.25) is 4.99 Å². The third-order valence-electron chi connectivity index (χ3n) is 5.75. The van der Waals surface area contributed by atoms with Crippen LogP contribution < -0.4 is 10.6 Å². The number of nitrogens with zero attached hydrogens (tertiary/aromatic N) is 4. The average molecular weight is 408 g/mol. The number of benzene rings is 1. The van der Waals surface area contributed by atoms with E-state index < -0.39 is 0 Å². The minimum Gasteiger partial charge on any atom is -0.361 e. The smallest absolute Gasteiger partial charge is 0.191 e. The van der Waals surface area contributed by atoms with E-state index in [0.29, 0.717) is 6.54 Å². The molecule has 1 aliphatic rings. The number of aryl methyl sites for hydroxylation is 2. The van der Waals surface area contributed by atoms with Crippen molar-refractivity contribution in [2.24, 2.45) is 4.99 Å². The van der Waals surface area contributed by atoms with Gasteiger partial charge < -0.3 is 20.2 Å². The zero-order valence-corrected chi connectivity index (χ0v) is 18.2. The number of aromatic nitrogens is 4. The SMILES string of the molecule is CCNC(=NCCc1nnc2n1CCCCC2)NCCc1c[nH]c2cc(C)ccc12. The Morgan fingerprint density at radius 2 is 2.10 bits per heavy atom. The Morgan fingerprint density at radius 3 is 3.00 bits per heavy atom. The Kier molecular flexibility index (Phi) is 6.67. The fourth-order valence-electron chi connectivity index (χ4n) is 4.16. The Morgan fingerprint density at radius 1 is 1.17 bits per heavy atom. The highest BCUT2D eigenvalue weighted by Crippen LogP contribution is 2.19. The fourth-order valence-corrected chi connectivity index (χ4v) is 4.16. The van der Waals surface area contributed by atoms with E-state index in [1.54, 1.807) is 0 Å². The number of guanidine groups is 1. The van der Waals surface area contributed by atoms with Crippen LogP contribution in [0.4, 0.5) is 0 Å². The molecular weight excluding hydrogens is 374 g/mol. The van der Waals surface area contributed by atoms with Gasteiger partial charge in [-0.15, -0.1) is 10.2 Å². The molecule has 0 amide bonds. The molecule has 3 heterocycles. The molecule has 0 fully saturated rings. The molecule has 7 heteroatoms. The highest BCUT2D eigenvalue weighted by Gasteiger charge is 2.14. The van der Waals surface area contributed by atoms with E-state index in [1.165, 1.54) is 41.3 Å². The lowest BCUT2D eigenvalue weighted by molar-refractivity contribution is 0.604. The van der Waals surface area contributed by atoms with Crippen molar-refractivity contribution in [1.82, 2.24) is 30.4 Å². The van der Waals surface area contributed by atoms with Crippen LogP contribution in [0.15, 0.2) is 29.4 Å². The summed E-state index contributed by atoms with van der Waals surface area (Å²) < 4.78 is 2.31. The van der Waals surface area contributed by atoms with Crippen LogP contribution >= 0.6 is 0 Å². The van der Waals surface area contributed by atoms with Gasteiger partial charge in [0.25, 0.3) is 0 Å². The topological polar surface area (TPSA) is 82.9 Å². The molecule has 1 aromatic carbocycles. The maximum atomic E-state index is 4.76. The van der Waals surface area contributed by atoms with E-state index in [4.69, 9.17) is 4.99 Å². The van der Waals surface area contributed by atoms with Crippen LogP contribution in [0.3, 0.4) is 0 Å². The number of aliphatic imine (C=N–C) groups is 1. The van der Waals surface area contributed by atoms with Crippen molar-refractivity contribution >= 4 is 16.9 Å². The van der Waals surface area contributed by atoms with E-state index >= 15 is 0 Å². The Bertz CT molecular complexity index is 998. The molecule has 4 rings (SSSR count). The molecule has 0 radical (unpaired) electrons.